The number of aromatic nitrogens is 2. The molecule has 0 aliphatic heterocycles. The largest absolute Gasteiger partial charge is 0.301 e. The van der Waals surface area contributed by atoms with Crippen LogP contribution in [0, 0.1) is 0 Å². The molecule has 1 aromatic heterocycles. The van der Waals surface area contributed by atoms with E-state index in [0.717, 1.165) is 17.8 Å². The zero-order valence-electron chi connectivity index (χ0n) is 11.0. The number of hydrogen-bond acceptors (Lipinski definition) is 3. The van der Waals surface area contributed by atoms with Crippen molar-refractivity contribution in [3.63, 3.8) is 0 Å². The maximum Gasteiger partial charge on any atom is 0.165 e. The van der Waals surface area contributed by atoms with E-state index >= 15 is 0 Å². The predicted molar refractivity (Wildman–Crippen MR) is 73.7 cm³/mol. The molecule has 0 aliphatic carbocycles. The Labute approximate surface area is 108 Å². The summed E-state index contributed by atoms with van der Waals surface area (Å²) in [5.41, 5.74) is 2.43. The van der Waals surface area contributed by atoms with Gasteiger partial charge in [-0.1, -0.05) is 31.2 Å². The molecule has 2 rings (SSSR count). The summed E-state index contributed by atoms with van der Waals surface area (Å²) in [6.45, 7) is 2.15. The fourth-order valence-electron chi connectivity index (χ4n) is 1.87. The fourth-order valence-corrected chi connectivity index (χ4v) is 1.87. The molecule has 1 heterocycles. The molecule has 0 aliphatic rings. The number of nitrogens with zero attached hydrogens (tertiary/aromatic N) is 4. The molecule has 0 bridgehead atoms. The van der Waals surface area contributed by atoms with Gasteiger partial charge in [-0.05, 0) is 12.0 Å². The Kier molecular flexibility index (Phi) is 3.77. The zero-order chi connectivity index (χ0) is 13.0. The molecule has 4 heteroatoms. The summed E-state index contributed by atoms with van der Waals surface area (Å²) in [7, 11) is 3.84. The van der Waals surface area contributed by atoms with Crippen LogP contribution in [0.15, 0.2) is 48.1 Å². The summed E-state index contributed by atoms with van der Waals surface area (Å²) in [4.78, 5) is 4.09. The molecule has 0 spiro atoms. The van der Waals surface area contributed by atoms with Gasteiger partial charge in [0.25, 0.3) is 0 Å². The lowest BCUT2D eigenvalue weighted by atomic mass is 10.0. The molecule has 0 saturated heterocycles. The fraction of sp³-hybridized carbons (Fsp3) is 0.286. The topological polar surface area (TPSA) is 33.4 Å². The molecule has 0 amide bonds. The molecule has 0 saturated carbocycles. The average Bonchev–Trinajstić information content (AvgIpc) is 2.89. The molecule has 18 heavy (non-hydrogen) atoms. The van der Waals surface area contributed by atoms with Gasteiger partial charge in [-0.15, -0.1) is 0 Å². The number of imidazole rings is 1. The minimum atomic E-state index is 0.898. The highest BCUT2D eigenvalue weighted by Crippen LogP contribution is 2.12. The Hall–Kier alpha value is -2.10. The van der Waals surface area contributed by atoms with Gasteiger partial charge in [0.05, 0.1) is 0 Å². The van der Waals surface area contributed by atoms with Crippen molar-refractivity contribution < 1.29 is 0 Å². The molecule has 0 radical (unpaired) electrons. The second kappa shape index (κ2) is 5.49. The summed E-state index contributed by atoms with van der Waals surface area (Å²) < 4.78 is 1.94. The molecule has 0 unspecified atom stereocenters. The van der Waals surface area contributed by atoms with E-state index in [1.54, 1.807) is 12.5 Å². The molecule has 4 nitrogen and oxygen atoms in total. The van der Waals surface area contributed by atoms with Gasteiger partial charge in [-0.2, -0.15) is 5.10 Å². The van der Waals surface area contributed by atoms with Crippen LogP contribution in [0.25, 0.3) is 0 Å². The third-order valence-corrected chi connectivity index (χ3v) is 2.68. The summed E-state index contributed by atoms with van der Waals surface area (Å²) in [6.07, 6.45) is 6.43. The van der Waals surface area contributed by atoms with Crippen molar-refractivity contribution in [2.75, 3.05) is 14.1 Å². The first-order valence-corrected chi connectivity index (χ1v) is 6.05. The minimum Gasteiger partial charge on any atom is -0.301 e. The maximum absolute atomic E-state index is 4.57. The number of aryl methyl sites for hydroxylation is 1. The molecule has 0 atom stereocenters. The van der Waals surface area contributed by atoms with E-state index in [0.29, 0.717) is 0 Å². The van der Waals surface area contributed by atoms with Gasteiger partial charge in [-0.3, -0.25) is 4.57 Å². The van der Waals surface area contributed by atoms with Gasteiger partial charge in [0, 0.05) is 32.1 Å². The van der Waals surface area contributed by atoms with Crippen molar-refractivity contribution in [3.8, 4) is 0 Å². The van der Waals surface area contributed by atoms with Crippen LogP contribution >= 0.6 is 0 Å². The highest BCUT2D eigenvalue weighted by Gasteiger charge is 2.10. The lowest BCUT2D eigenvalue weighted by molar-refractivity contribution is 0.435. The summed E-state index contributed by atoms with van der Waals surface area (Å²) in [6, 6.07) is 8.33. The van der Waals surface area contributed by atoms with Crippen molar-refractivity contribution >= 4 is 5.84 Å². The van der Waals surface area contributed by atoms with E-state index in [-0.39, 0.29) is 0 Å². The predicted octanol–water partition coefficient (Wildman–Crippen LogP) is 2.22. The molecule has 1 aromatic carbocycles. The lowest BCUT2D eigenvalue weighted by Gasteiger charge is -2.14. The Balaban J connectivity index is 2.54. The quantitative estimate of drug-likeness (QED) is 0.470. The van der Waals surface area contributed by atoms with E-state index < -0.39 is 0 Å². The summed E-state index contributed by atoms with van der Waals surface area (Å²) in [5, 5.41) is 6.38. The van der Waals surface area contributed by atoms with Gasteiger partial charge in [0.15, 0.2) is 5.84 Å². The monoisotopic (exact) mass is 242 g/mol. The Morgan fingerprint density at radius 2 is 2.11 bits per heavy atom. The van der Waals surface area contributed by atoms with Gasteiger partial charge in [-0.25, -0.2) is 4.98 Å². The number of hydrogen-bond donors (Lipinski definition) is 0. The van der Waals surface area contributed by atoms with E-state index in [4.69, 9.17) is 0 Å². The van der Waals surface area contributed by atoms with E-state index in [9.17, 15) is 0 Å². The summed E-state index contributed by atoms with van der Waals surface area (Å²) >= 11 is 0. The highest BCUT2D eigenvalue weighted by atomic mass is 15.4. The van der Waals surface area contributed by atoms with Crippen LogP contribution in [0.5, 0.6) is 0 Å². The number of benzene rings is 1. The first-order chi connectivity index (χ1) is 8.72. The van der Waals surface area contributed by atoms with Crippen LogP contribution in [0.1, 0.15) is 18.1 Å². The highest BCUT2D eigenvalue weighted by molar-refractivity contribution is 6.01. The smallest absolute Gasteiger partial charge is 0.165 e. The molecular formula is C14H18N4. The third kappa shape index (κ3) is 2.59. The van der Waals surface area contributed by atoms with Gasteiger partial charge in [0.2, 0.25) is 0 Å². The van der Waals surface area contributed by atoms with E-state index in [2.05, 4.69) is 35.2 Å². The van der Waals surface area contributed by atoms with Gasteiger partial charge in [0.1, 0.15) is 6.33 Å². The number of rotatable bonds is 3. The van der Waals surface area contributed by atoms with Crippen molar-refractivity contribution in [1.82, 2.24) is 14.6 Å². The van der Waals surface area contributed by atoms with Crippen molar-refractivity contribution in [2.45, 2.75) is 13.3 Å². The standard InChI is InChI=1S/C14H18N4/c1-4-12-7-5-6-8-13(12)14(16-17(2)3)18-10-9-15-11-18/h5-11H,4H2,1-3H3/b16-14+. The molecule has 0 N–H and O–H groups in total. The van der Waals surface area contributed by atoms with Crippen molar-refractivity contribution in [1.29, 1.82) is 0 Å². The van der Waals surface area contributed by atoms with Crippen molar-refractivity contribution in [3.05, 3.63) is 54.1 Å². The molecular weight excluding hydrogens is 224 g/mol. The zero-order valence-corrected chi connectivity index (χ0v) is 11.0. The van der Waals surface area contributed by atoms with Crippen LogP contribution in [-0.4, -0.2) is 34.5 Å². The first-order valence-electron chi connectivity index (χ1n) is 6.05. The average molecular weight is 242 g/mol. The first kappa shape index (κ1) is 12.4. The van der Waals surface area contributed by atoms with Crippen molar-refractivity contribution in [2.24, 2.45) is 5.10 Å². The normalized spacial score (nSPS) is 11.6. The van der Waals surface area contributed by atoms with Crippen LogP contribution in [-0.2, 0) is 6.42 Å². The second-order valence-corrected chi connectivity index (χ2v) is 4.25. The summed E-state index contributed by atoms with van der Waals surface area (Å²) in [5.74, 6) is 0.898. The lowest BCUT2D eigenvalue weighted by Crippen LogP contribution is -2.18. The third-order valence-electron chi connectivity index (χ3n) is 2.68. The van der Waals surface area contributed by atoms with Crippen LogP contribution in [0.2, 0.25) is 0 Å². The Morgan fingerprint density at radius 1 is 1.33 bits per heavy atom. The van der Waals surface area contributed by atoms with E-state index in [1.165, 1.54) is 5.56 Å². The number of hydrazone groups is 1. The van der Waals surface area contributed by atoms with Gasteiger partial charge >= 0.3 is 0 Å². The van der Waals surface area contributed by atoms with E-state index in [1.807, 2.05) is 35.9 Å². The Morgan fingerprint density at radius 3 is 2.72 bits per heavy atom. The maximum atomic E-state index is 4.57. The second-order valence-electron chi connectivity index (χ2n) is 4.25. The minimum absolute atomic E-state index is 0.898. The van der Waals surface area contributed by atoms with Gasteiger partial charge < -0.3 is 5.01 Å². The van der Waals surface area contributed by atoms with Crippen LogP contribution < -0.4 is 0 Å². The van der Waals surface area contributed by atoms with Crippen LogP contribution in [0.4, 0.5) is 0 Å². The SMILES string of the molecule is CCc1ccccc1/C(=N\N(C)C)n1ccnc1. The molecule has 2 aromatic rings. The molecule has 94 valence electrons. The van der Waals surface area contributed by atoms with Crippen LogP contribution in [0.3, 0.4) is 0 Å². The molecule has 0 fully saturated rings. The Bertz CT molecular complexity index is 526.